The van der Waals surface area contributed by atoms with Gasteiger partial charge >= 0.3 is 0 Å². The number of benzene rings is 1. The third-order valence-corrected chi connectivity index (χ3v) is 8.96. The second-order valence-electron chi connectivity index (χ2n) is 12.1. The van der Waals surface area contributed by atoms with Crippen LogP contribution >= 0.6 is 11.3 Å². The molecule has 38 heavy (non-hydrogen) atoms. The zero-order valence-electron chi connectivity index (χ0n) is 23.1. The topological polar surface area (TPSA) is 102 Å². The van der Waals surface area contributed by atoms with Crippen LogP contribution in [0.5, 0.6) is 5.75 Å². The lowest BCUT2D eigenvalue weighted by atomic mass is 9.72. The van der Waals surface area contributed by atoms with Gasteiger partial charge in [-0.2, -0.15) is 0 Å². The van der Waals surface area contributed by atoms with E-state index in [1.807, 2.05) is 38.3 Å². The Bertz CT molecular complexity index is 1100. The van der Waals surface area contributed by atoms with E-state index in [2.05, 4.69) is 15.5 Å². The number of aliphatic hydroxyl groups excluding tert-OH is 1. The number of nitrogens with zero attached hydrogens (tertiary/aromatic N) is 1. The SMILES string of the molecule is Cc1c(O)cccc1C(=O)N[C@@H](Cc1cccs1)[C@H](O)CN1C[C@H]2CCCC[C@H]2C[C@H]1C(=O)NC(C)(C)C. The summed E-state index contributed by atoms with van der Waals surface area (Å²) in [7, 11) is 0. The number of piperidine rings is 1. The molecule has 2 fully saturated rings. The van der Waals surface area contributed by atoms with Crippen LogP contribution in [-0.4, -0.2) is 63.7 Å². The van der Waals surface area contributed by atoms with Gasteiger partial charge in [0.25, 0.3) is 5.91 Å². The normalized spacial score (nSPS) is 23.8. The second-order valence-corrected chi connectivity index (χ2v) is 13.2. The molecule has 1 aliphatic carbocycles. The molecule has 1 saturated carbocycles. The van der Waals surface area contributed by atoms with E-state index in [9.17, 15) is 19.8 Å². The van der Waals surface area contributed by atoms with Gasteiger partial charge in [-0.3, -0.25) is 14.5 Å². The number of aromatic hydroxyl groups is 1. The van der Waals surface area contributed by atoms with Crippen LogP contribution in [0.15, 0.2) is 35.7 Å². The number of hydrogen-bond donors (Lipinski definition) is 4. The molecule has 208 valence electrons. The van der Waals surface area contributed by atoms with Crippen molar-refractivity contribution in [3.8, 4) is 5.75 Å². The summed E-state index contributed by atoms with van der Waals surface area (Å²) in [5, 5.41) is 29.9. The highest BCUT2D eigenvalue weighted by Crippen LogP contribution is 2.39. The average molecular weight is 542 g/mol. The smallest absolute Gasteiger partial charge is 0.252 e. The number of likely N-dealkylation sites (tertiary alicyclic amines) is 1. The van der Waals surface area contributed by atoms with Crippen molar-refractivity contribution in [2.45, 2.75) is 89.9 Å². The molecule has 8 heteroatoms. The zero-order chi connectivity index (χ0) is 27.4. The van der Waals surface area contributed by atoms with Crippen LogP contribution in [0.1, 0.15) is 73.7 Å². The van der Waals surface area contributed by atoms with Crippen LogP contribution < -0.4 is 10.6 Å². The molecular weight excluding hydrogens is 498 g/mol. The van der Waals surface area contributed by atoms with Crippen LogP contribution in [0.4, 0.5) is 0 Å². The maximum Gasteiger partial charge on any atom is 0.252 e. The van der Waals surface area contributed by atoms with Gasteiger partial charge in [0.1, 0.15) is 5.75 Å². The van der Waals surface area contributed by atoms with Crippen molar-refractivity contribution in [1.82, 2.24) is 15.5 Å². The Hall–Kier alpha value is -2.42. The second kappa shape index (κ2) is 12.2. The Labute approximate surface area is 230 Å². The van der Waals surface area contributed by atoms with E-state index in [0.29, 0.717) is 35.9 Å². The summed E-state index contributed by atoms with van der Waals surface area (Å²) in [5.74, 6) is 0.837. The van der Waals surface area contributed by atoms with Gasteiger partial charge < -0.3 is 20.8 Å². The van der Waals surface area contributed by atoms with E-state index in [1.54, 1.807) is 36.5 Å². The van der Waals surface area contributed by atoms with Gasteiger partial charge in [0, 0.05) is 41.1 Å². The van der Waals surface area contributed by atoms with E-state index >= 15 is 0 Å². The first kappa shape index (κ1) is 28.6. The van der Waals surface area contributed by atoms with E-state index in [-0.39, 0.29) is 29.1 Å². The van der Waals surface area contributed by atoms with Crippen molar-refractivity contribution in [3.05, 3.63) is 51.7 Å². The number of aliphatic hydroxyl groups is 1. The Kier molecular flexibility index (Phi) is 9.16. The summed E-state index contributed by atoms with van der Waals surface area (Å²) < 4.78 is 0. The molecule has 0 spiro atoms. The molecule has 1 aromatic carbocycles. The Balaban J connectivity index is 1.54. The predicted molar refractivity (Wildman–Crippen MR) is 151 cm³/mol. The highest BCUT2D eigenvalue weighted by Gasteiger charge is 2.41. The average Bonchev–Trinajstić information content (AvgIpc) is 3.37. The first-order chi connectivity index (χ1) is 18.0. The van der Waals surface area contributed by atoms with Crippen molar-refractivity contribution < 1.29 is 19.8 Å². The van der Waals surface area contributed by atoms with Gasteiger partial charge in [-0.15, -0.1) is 11.3 Å². The number of thiophene rings is 1. The number of fused-ring (bicyclic) bond motifs is 1. The third-order valence-electron chi connectivity index (χ3n) is 8.06. The highest BCUT2D eigenvalue weighted by atomic mass is 32.1. The Morgan fingerprint density at radius 3 is 2.55 bits per heavy atom. The minimum absolute atomic E-state index is 0.0166. The molecule has 7 nitrogen and oxygen atoms in total. The van der Waals surface area contributed by atoms with Gasteiger partial charge in [0.15, 0.2) is 0 Å². The number of nitrogens with one attached hydrogen (secondary N) is 2. The Morgan fingerprint density at radius 1 is 1.13 bits per heavy atom. The van der Waals surface area contributed by atoms with E-state index in [0.717, 1.165) is 24.3 Å². The van der Waals surface area contributed by atoms with Crippen LogP contribution in [0.3, 0.4) is 0 Å². The van der Waals surface area contributed by atoms with E-state index in [4.69, 9.17) is 0 Å². The molecule has 1 aliphatic heterocycles. The standard InChI is InChI=1S/C30H43N3O4S/c1-19-23(12-7-13-26(19)34)28(36)31-24(16-22-11-8-14-38-22)27(35)18-33-17-21-10-6-5-9-20(21)15-25(33)29(37)32-30(2,3)4/h7-8,11-14,20-21,24-25,27,34-35H,5-6,9-10,15-18H2,1-4H3,(H,31,36)(H,32,37)/t20-,21+,24-,25-,27+/m0/s1. The molecule has 2 aromatic rings. The highest BCUT2D eigenvalue weighted by molar-refractivity contribution is 7.09. The number of amides is 2. The Morgan fingerprint density at radius 2 is 1.87 bits per heavy atom. The van der Waals surface area contributed by atoms with Crippen molar-refractivity contribution >= 4 is 23.2 Å². The minimum atomic E-state index is -0.872. The molecule has 0 unspecified atom stereocenters. The number of carbonyl (C=O) groups is 2. The van der Waals surface area contributed by atoms with Gasteiger partial charge in [-0.25, -0.2) is 0 Å². The maximum atomic E-state index is 13.4. The fourth-order valence-electron chi connectivity index (χ4n) is 6.04. The van der Waals surface area contributed by atoms with E-state index in [1.165, 1.54) is 19.3 Å². The molecule has 2 heterocycles. The molecule has 1 aromatic heterocycles. The number of carbonyl (C=O) groups excluding carboxylic acids is 2. The molecular formula is C30H43N3O4S. The molecule has 1 saturated heterocycles. The number of β-amino-alcohol motifs (C(OH)–C–C–N with tert-alkyl or cyclic N) is 1. The molecule has 4 N–H and O–H groups in total. The van der Waals surface area contributed by atoms with Crippen molar-refractivity contribution in [3.63, 3.8) is 0 Å². The first-order valence-corrected chi connectivity index (χ1v) is 14.8. The first-order valence-electron chi connectivity index (χ1n) is 13.9. The van der Waals surface area contributed by atoms with Gasteiger partial charge in [-0.1, -0.05) is 31.4 Å². The number of rotatable bonds is 8. The summed E-state index contributed by atoms with van der Waals surface area (Å²) >= 11 is 1.59. The minimum Gasteiger partial charge on any atom is -0.508 e. The van der Waals surface area contributed by atoms with Gasteiger partial charge in [-0.05, 0) is 76.0 Å². The lowest BCUT2D eigenvalue weighted by Gasteiger charge is -2.47. The number of hydrogen-bond acceptors (Lipinski definition) is 6. The maximum absolute atomic E-state index is 13.4. The molecule has 2 aliphatic rings. The number of phenols is 1. The monoisotopic (exact) mass is 541 g/mol. The van der Waals surface area contributed by atoms with Gasteiger partial charge in [0.05, 0.1) is 18.2 Å². The lowest BCUT2D eigenvalue weighted by molar-refractivity contribution is -0.132. The molecule has 4 rings (SSSR count). The van der Waals surface area contributed by atoms with Crippen LogP contribution in [-0.2, 0) is 11.2 Å². The molecule has 0 radical (unpaired) electrons. The molecule has 2 amide bonds. The van der Waals surface area contributed by atoms with E-state index < -0.39 is 12.1 Å². The largest absolute Gasteiger partial charge is 0.508 e. The van der Waals surface area contributed by atoms with Crippen molar-refractivity contribution in [1.29, 1.82) is 0 Å². The van der Waals surface area contributed by atoms with Crippen molar-refractivity contribution in [2.75, 3.05) is 13.1 Å². The quantitative estimate of drug-likeness (QED) is 0.400. The third kappa shape index (κ3) is 7.16. The fourth-order valence-corrected chi connectivity index (χ4v) is 6.80. The van der Waals surface area contributed by atoms with Crippen LogP contribution in [0.25, 0.3) is 0 Å². The molecule has 5 atom stereocenters. The van der Waals surface area contributed by atoms with Gasteiger partial charge in [0.2, 0.25) is 5.91 Å². The summed E-state index contributed by atoms with van der Waals surface area (Å²) in [5.41, 5.74) is 0.561. The van der Waals surface area contributed by atoms with Crippen LogP contribution in [0.2, 0.25) is 0 Å². The summed E-state index contributed by atoms with van der Waals surface area (Å²) in [4.78, 5) is 29.9. The van der Waals surface area contributed by atoms with Crippen molar-refractivity contribution in [2.24, 2.45) is 11.8 Å². The summed E-state index contributed by atoms with van der Waals surface area (Å²) in [6.45, 7) is 8.78. The zero-order valence-corrected chi connectivity index (χ0v) is 23.9. The predicted octanol–water partition coefficient (Wildman–Crippen LogP) is 4.26. The fraction of sp³-hybridized carbons (Fsp3) is 0.600. The molecule has 0 bridgehead atoms. The summed E-state index contributed by atoms with van der Waals surface area (Å²) in [6, 6.07) is 8.01. The lowest BCUT2D eigenvalue weighted by Crippen LogP contribution is -2.60. The number of phenolic OH excluding ortho intramolecular Hbond substituents is 1. The summed E-state index contributed by atoms with van der Waals surface area (Å²) in [6.07, 6.45) is 5.20. The van der Waals surface area contributed by atoms with Crippen LogP contribution in [0, 0.1) is 18.8 Å².